The molecule has 0 spiro atoms. The summed E-state index contributed by atoms with van der Waals surface area (Å²) in [5, 5.41) is 17.5. The predicted molar refractivity (Wildman–Crippen MR) is 122 cm³/mol. The van der Waals surface area contributed by atoms with Crippen molar-refractivity contribution < 1.29 is 24.3 Å². The van der Waals surface area contributed by atoms with Gasteiger partial charge in [-0.15, -0.1) is 0 Å². The van der Waals surface area contributed by atoms with Gasteiger partial charge in [0.1, 0.15) is 18.1 Å². The summed E-state index contributed by atoms with van der Waals surface area (Å²) in [6.45, 7) is 10.9. The highest BCUT2D eigenvalue weighted by Gasteiger charge is 2.40. The third kappa shape index (κ3) is 5.77. The van der Waals surface area contributed by atoms with E-state index in [-0.39, 0.29) is 23.7 Å². The molecule has 1 aliphatic rings. The molecular formula is C23H34N4O5. The van der Waals surface area contributed by atoms with Gasteiger partial charge < -0.3 is 21.1 Å². The number of nitrogens with one attached hydrogen (secondary N) is 3. The molecular weight excluding hydrogens is 412 g/mol. The number of benzene rings is 1. The summed E-state index contributed by atoms with van der Waals surface area (Å²) in [5.74, 6) is -2.44. The van der Waals surface area contributed by atoms with Crippen LogP contribution in [0.1, 0.15) is 48.0 Å². The lowest BCUT2D eigenvalue weighted by atomic mass is 9.97. The zero-order valence-corrected chi connectivity index (χ0v) is 19.5. The van der Waals surface area contributed by atoms with Gasteiger partial charge in [0, 0.05) is 0 Å². The van der Waals surface area contributed by atoms with Gasteiger partial charge in [0.2, 0.25) is 11.8 Å². The van der Waals surface area contributed by atoms with Gasteiger partial charge in [-0.2, -0.15) is 0 Å². The maximum atomic E-state index is 13.4. The smallest absolute Gasteiger partial charge is 0.326 e. The summed E-state index contributed by atoms with van der Waals surface area (Å²) in [6, 6.07) is 3.62. The monoisotopic (exact) mass is 446 g/mol. The SMILES string of the molecule is CC(C)C[C@H](NC(=O)N1c2ccccc2NC(=O)[C@@H]1C(C)C)C(=O)N[C@@H](C(=O)O)C(C)C. The van der Waals surface area contributed by atoms with E-state index in [0.29, 0.717) is 17.8 Å². The number of rotatable bonds is 8. The minimum absolute atomic E-state index is 0.0613. The van der Waals surface area contributed by atoms with Crippen LogP contribution >= 0.6 is 0 Å². The van der Waals surface area contributed by atoms with Crippen LogP contribution in [0.2, 0.25) is 0 Å². The summed E-state index contributed by atoms with van der Waals surface area (Å²) in [5.41, 5.74) is 1.05. The normalized spacial score (nSPS) is 17.6. The molecule has 1 heterocycles. The maximum Gasteiger partial charge on any atom is 0.326 e. The molecule has 1 aromatic carbocycles. The van der Waals surface area contributed by atoms with Crippen LogP contribution in [-0.4, -0.2) is 47.0 Å². The molecule has 176 valence electrons. The van der Waals surface area contributed by atoms with E-state index in [9.17, 15) is 24.3 Å². The Labute approximate surface area is 188 Å². The molecule has 3 atom stereocenters. The first-order chi connectivity index (χ1) is 14.9. The van der Waals surface area contributed by atoms with Crippen molar-refractivity contribution in [1.82, 2.24) is 10.6 Å². The number of hydrogen-bond donors (Lipinski definition) is 4. The van der Waals surface area contributed by atoms with E-state index in [0.717, 1.165) is 0 Å². The Hall–Kier alpha value is -3.10. The number of fused-ring (bicyclic) bond motifs is 1. The topological polar surface area (TPSA) is 128 Å². The Balaban J connectivity index is 2.34. The van der Waals surface area contributed by atoms with Crippen LogP contribution in [0.25, 0.3) is 0 Å². The van der Waals surface area contributed by atoms with Crippen molar-refractivity contribution in [3.05, 3.63) is 24.3 Å². The number of nitrogens with zero attached hydrogens (tertiary/aromatic N) is 1. The highest BCUT2D eigenvalue weighted by Crippen LogP contribution is 2.34. The first-order valence-corrected chi connectivity index (χ1v) is 11.0. The third-order valence-electron chi connectivity index (χ3n) is 5.37. The first kappa shape index (κ1) is 25.2. The second-order valence-corrected chi connectivity index (χ2v) is 9.27. The van der Waals surface area contributed by atoms with Crippen molar-refractivity contribution in [3.63, 3.8) is 0 Å². The van der Waals surface area contributed by atoms with Crippen LogP contribution in [0.3, 0.4) is 0 Å². The number of urea groups is 1. The standard InChI is InChI=1S/C23H34N4O5/c1-12(2)11-16(20(28)26-18(13(3)4)22(30)31)25-23(32)27-17-10-8-7-9-15(17)24-21(29)19(27)14(5)6/h7-10,12-14,16,18-19H,11H2,1-6H3,(H,24,29)(H,25,32)(H,26,28)(H,30,31)/t16-,18+,19-/m0/s1. The highest BCUT2D eigenvalue weighted by atomic mass is 16.4. The van der Waals surface area contributed by atoms with Gasteiger partial charge in [-0.25, -0.2) is 9.59 Å². The molecule has 1 aliphatic heterocycles. The van der Waals surface area contributed by atoms with Crippen LogP contribution in [0.5, 0.6) is 0 Å². The number of hydrogen-bond acceptors (Lipinski definition) is 4. The van der Waals surface area contributed by atoms with Crippen LogP contribution in [-0.2, 0) is 14.4 Å². The number of carbonyl (C=O) groups excluding carboxylic acids is 3. The zero-order valence-electron chi connectivity index (χ0n) is 19.5. The molecule has 4 N–H and O–H groups in total. The van der Waals surface area contributed by atoms with Crippen LogP contribution < -0.4 is 20.9 Å². The van der Waals surface area contributed by atoms with Gasteiger partial charge in [0.25, 0.3) is 0 Å². The zero-order chi connectivity index (χ0) is 24.2. The van der Waals surface area contributed by atoms with E-state index in [4.69, 9.17) is 0 Å². The third-order valence-corrected chi connectivity index (χ3v) is 5.37. The highest BCUT2D eigenvalue weighted by molar-refractivity contribution is 6.12. The van der Waals surface area contributed by atoms with Gasteiger partial charge in [0.15, 0.2) is 0 Å². The average molecular weight is 447 g/mol. The second kappa shape index (κ2) is 10.5. The summed E-state index contributed by atoms with van der Waals surface area (Å²) < 4.78 is 0. The lowest BCUT2D eigenvalue weighted by Gasteiger charge is -2.39. The predicted octanol–water partition coefficient (Wildman–Crippen LogP) is 2.82. The number of para-hydroxylation sites is 2. The first-order valence-electron chi connectivity index (χ1n) is 11.0. The number of carboxylic acid groups (broad SMARTS) is 1. The molecule has 9 nitrogen and oxygen atoms in total. The van der Waals surface area contributed by atoms with Crippen molar-refractivity contribution in [2.45, 2.75) is 66.1 Å². The average Bonchev–Trinajstić information content (AvgIpc) is 2.68. The summed E-state index contributed by atoms with van der Waals surface area (Å²) in [4.78, 5) is 52.0. The van der Waals surface area contributed by atoms with Gasteiger partial charge >= 0.3 is 12.0 Å². The fourth-order valence-corrected chi connectivity index (χ4v) is 3.79. The molecule has 0 saturated heterocycles. The molecule has 9 heteroatoms. The van der Waals surface area contributed by atoms with Crippen molar-refractivity contribution >= 4 is 35.2 Å². The Morgan fingerprint density at radius 1 is 1.06 bits per heavy atom. The second-order valence-electron chi connectivity index (χ2n) is 9.27. The van der Waals surface area contributed by atoms with Crippen LogP contribution in [0.4, 0.5) is 16.2 Å². The molecule has 32 heavy (non-hydrogen) atoms. The van der Waals surface area contributed by atoms with Crippen molar-refractivity contribution in [2.75, 3.05) is 10.2 Å². The quantitative estimate of drug-likeness (QED) is 0.488. The fourth-order valence-electron chi connectivity index (χ4n) is 3.79. The lowest BCUT2D eigenvalue weighted by molar-refractivity contribution is -0.143. The molecule has 0 fully saturated rings. The summed E-state index contributed by atoms with van der Waals surface area (Å²) >= 11 is 0. The Bertz CT molecular complexity index is 868. The molecule has 2 rings (SSSR count). The number of aliphatic carboxylic acids is 1. The van der Waals surface area contributed by atoms with E-state index >= 15 is 0 Å². The molecule has 0 unspecified atom stereocenters. The van der Waals surface area contributed by atoms with E-state index in [1.54, 1.807) is 38.1 Å². The molecule has 1 aromatic rings. The Morgan fingerprint density at radius 3 is 2.22 bits per heavy atom. The number of carbonyl (C=O) groups is 4. The summed E-state index contributed by atoms with van der Waals surface area (Å²) in [7, 11) is 0. The van der Waals surface area contributed by atoms with Gasteiger partial charge in [-0.1, -0.05) is 53.7 Å². The van der Waals surface area contributed by atoms with E-state index in [1.807, 2.05) is 27.7 Å². The summed E-state index contributed by atoms with van der Waals surface area (Å²) in [6.07, 6.45) is 0.316. The van der Waals surface area contributed by atoms with Gasteiger partial charge in [0.05, 0.1) is 11.4 Å². The van der Waals surface area contributed by atoms with E-state index in [2.05, 4.69) is 16.0 Å². The number of amides is 4. The molecule has 0 bridgehead atoms. The van der Waals surface area contributed by atoms with Gasteiger partial charge in [-0.05, 0) is 36.3 Å². The minimum Gasteiger partial charge on any atom is -0.480 e. The molecule has 0 aliphatic carbocycles. The van der Waals surface area contributed by atoms with E-state index < -0.39 is 36.0 Å². The minimum atomic E-state index is -1.13. The van der Waals surface area contributed by atoms with Gasteiger partial charge in [-0.3, -0.25) is 14.5 Å². The van der Waals surface area contributed by atoms with Crippen molar-refractivity contribution in [1.29, 1.82) is 0 Å². The molecule has 0 saturated carbocycles. The molecule has 0 radical (unpaired) electrons. The van der Waals surface area contributed by atoms with Crippen LogP contribution in [0, 0.1) is 17.8 Å². The van der Waals surface area contributed by atoms with Crippen LogP contribution in [0.15, 0.2) is 24.3 Å². The van der Waals surface area contributed by atoms with Crippen molar-refractivity contribution in [2.24, 2.45) is 17.8 Å². The lowest BCUT2D eigenvalue weighted by Crippen LogP contribution is -2.60. The Morgan fingerprint density at radius 2 is 1.69 bits per heavy atom. The maximum absolute atomic E-state index is 13.4. The molecule has 0 aromatic heterocycles. The Kier molecular flexibility index (Phi) is 8.24. The van der Waals surface area contributed by atoms with Crippen molar-refractivity contribution in [3.8, 4) is 0 Å². The fraction of sp³-hybridized carbons (Fsp3) is 0.565. The van der Waals surface area contributed by atoms with E-state index in [1.165, 1.54) is 4.90 Å². The number of carboxylic acids is 1. The molecule has 4 amide bonds. The number of anilines is 2. The largest absolute Gasteiger partial charge is 0.480 e.